The van der Waals surface area contributed by atoms with Crippen molar-refractivity contribution in [3.63, 3.8) is 0 Å². The quantitative estimate of drug-likeness (QED) is 0.521. The predicted molar refractivity (Wildman–Crippen MR) is 131 cm³/mol. The van der Waals surface area contributed by atoms with Crippen LogP contribution in [0.15, 0.2) is 42.5 Å². The summed E-state index contributed by atoms with van der Waals surface area (Å²) in [5.74, 6) is 0.464. The third kappa shape index (κ3) is 6.92. The van der Waals surface area contributed by atoms with Crippen LogP contribution in [0.1, 0.15) is 38.8 Å². The van der Waals surface area contributed by atoms with Gasteiger partial charge in [0, 0.05) is 48.8 Å². The van der Waals surface area contributed by atoms with E-state index in [-0.39, 0.29) is 30.4 Å². The molecule has 0 aromatic heterocycles. The summed E-state index contributed by atoms with van der Waals surface area (Å²) in [7, 11) is 0. The van der Waals surface area contributed by atoms with Gasteiger partial charge >= 0.3 is 0 Å². The first-order valence-electron chi connectivity index (χ1n) is 11.7. The molecule has 1 amide bonds. The molecule has 33 heavy (non-hydrogen) atoms. The lowest BCUT2D eigenvalue weighted by Crippen LogP contribution is -2.58. The van der Waals surface area contributed by atoms with Crippen molar-refractivity contribution in [2.75, 3.05) is 32.8 Å². The molecular formula is C26H35ClFN3O2. The number of ether oxygens (including phenoxy) is 1. The van der Waals surface area contributed by atoms with Crippen molar-refractivity contribution < 1.29 is 13.9 Å². The molecule has 0 saturated carbocycles. The van der Waals surface area contributed by atoms with Crippen LogP contribution in [0, 0.1) is 5.82 Å². The highest BCUT2D eigenvalue weighted by molar-refractivity contribution is 6.30. The van der Waals surface area contributed by atoms with E-state index in [9.17, 15) is 9.18 Å². The van der Waals surface area contributed by atoms with E-state index >= 15 is 0 Å². The monoisotopic (exact) mass is 475 g/mol. The van der Waals surface area contributed by atoms with E-state index in [2.05, 4.69) is 37.5 Å². The minimum atomic E-state index is -0.225. The van der Waals surface area contributed by atoms with Crippen LogP contribution >= 0.6 is 11.6 Å². The summed E-state index contributed by atoms with van der Waals surface area (Å²) in [6.45, 7) is 13.2. The lowest BCUT2D eigenvalue weighted by molar-refractivity contribution is -0.139. The lowest BCUT2D eigenvalue weighted by Gasteiger charge is -2.44. The Morgan fingerprint density at radius 2 is 1.79 bits per heavy atom. The van der Waals surface area contributed by atoms with Crippen LogP contribution in [0.3, 0.4) is 0 Å². The largest absolute Gasteiger partial charge is 0.483 e. The highest BCUT2D eigenvalue weighted by Crippen LogP contribution is 2.25. The second kappa shape index (κ2) is 11.8. The molecule has 1 aliphatic heterocycles. The molecule has 5 nitrogen and oxygen atoms in total. The van der Waals surface area contributed by atoms with Gasteiger partial charge < -0.3 is 9.64 Å². The molecule has 1 heterocycles. The van der Waals surface area contributed by atoms with Gasteiger partial charge in [0.25, 0.3) is 5.91 Å². The Morgan fingerprint density at radius 1 is 1.09 bits per heavy atom. The smallest absolute Gasteiger partial charge is 0.260 e. The number of carbonyl (C=O) groups excluding carboxylic acids is 1. The molecule has 2 aromatic carbocycles. The highest BCUT2D eigenvalue weighted by atomic mass is 35.5. The number of hydrogen-bond acceptors (Lipinski definition) is 4. The number of benzene rings is 2. The first kappa shape index (κ1) is 25.5. The highest BCUT2D eigenvalue weighted by Gasteiger charge is 2.32. The van der Waals surface area contributed by atoms with Gasteiger partial charge in [-0.15, -0.1) is 0 Å². The Morgan fingerprint density at radius 3 is 2.45 bits per heavy atom. The first-order valence-corrected chi connectivity index (χ1v) is 12.1. The van der Waals surface area contributed by atoms with E-state index in [1.54, 1.807) is 6.07 Å². The summed E-state index contributed by atoms with van der Waals surface area (Å²) in [6, 6.07) is 12.4. The van der Waals surface area contributed by atoms with Crippen LogP contribution < -0.4 is 4.74 Å². The van der Waals surface area contributed by atoms with Gasteiger partial charge in [-0.2, -0.15) is 0 Å². The molecule has 0 radical (unpaired) electrons. The van der Waals surface area contributed by atoms with Gasteiger partial charge in [0.1, 0.15) is 11.6 Å². The molecule has 0 bridgehead atoms. The molecule has 2 aromatic rings. The maximum Gasteiger partial charge on any atom is 0.260 e. The van der Waals surface area contributed by atoms with E-state index < -0.39 is 0 Å². The lowest BCUT2D eigenvalue weighted by atomic mass is 10.1. The summed E-state index contributed by atoms with van der Waals surface area (Å²) in [5.41, 5.74) is 2.06. The maximum atomic E-state index is 13.2. The van der Waals surface area contributed by atoms with E-state index in [0.717, 1.165) is 43.9 Å². The van der Waals surface area contributed by atoms with Crippen LogP contribution in [0.25, 0.3) is 0 Å². The maximum absolute atomic E-state index is 13.2. The van der Waals surface area contributed by atoms with Crippen LogP contribution in [0.2, 0.25) is 5.02 Å². The molecule has 3 rings (SSSR count). The fourth-order valence-corrected chi connectivity index (χ4v) is 4.51. The number of hydrogen-bond donors (Lipinski definition) is 0. The second-order valence-corrected chi connectivity index (χ2v) is 9.24. The van der Waals surface area contributed by atoms with E-state index in [0.29, 0.717) is 17.3 Å². The Balaban J connectivity index is 1.59. The Bertz CT molecular complexity index is 920. The first-order chi connectivity index (χ1) is 15.8. The molecule has 0 spiro atoms. The zero-order valence-electron chi connectivity index (χ0n) is 20.1. The number of nitrogens with zero attached hydrogens (tertiary/aromatic N) is 3. The average Bonchev–Trinajstić information content (AvgIpc) is 2.80. The molecule has 0 unspecified atom stereocenters. The standard InChI is InChI=1S/C26H35ClFN3O2/c1-5-29(6-2)17-22-13-23(27)9-12-25(22)33-18-26(32)31-15-19(3)30(14-20(31)4)16-21-7-10-24(28)11-8-21/h7-13,19-20H,5-6,14-18H2,1-4H3/t19-,20+/m1/s1. The fraction of sp³-hybridized carbons (Fsp3) is 0.500. The molecule has 1 saturated heterocycles. The Kier molecular flexibility index (Phi) is 9.12. The van der Waals surface area contributed by atoms with E-state index in [1.807, 2.05) is 29.2 Å². The fourth-order valence-electron chi connectivity index (χ4n) is 4.31. The van der Waals surface area contributed by atoms with Gasteiger partial charge in [0.15, 0.2) is 6.61 Å². The molecule has 0 N–H and O–H groups in total. The van der Waals surface area contributed by atoms with Gasteiger partial charge in [-0.25, -0.2) is 4.39 Å². The van der Waals surface area contributed by atoms with Gasteiger partial charge in [-0.3, -0.25) is 14.6 Å². The molecular weight excluding hydrogens is 441 g/mol. The second-order valence-electron chi connectivity index (χ2n) is 8.80. The normalized spacial score (nSPS) is 19.2. The Hall–Kier alpha value is -2.15. The van der Waals surface area contributed by atoms with Crippen LogP contribution in [-0.4, -0.2) is 65.5 Å². The van der Waals surface area contributed by atoms with Crippen molar-refractivity contribution in [1.29, 1.82) is 0 Å². The van der Waals surface area contributed by atoms with Crippen molar-refractivity contribution in [1.82, 2.24) is 14.7 Å². The summed E-state index contributed by atoms with van der Waals surface area (Å²) in [4.78, 5) is 19.6. The van der Waals surface area contributed by atoms with Gasteiger partial charge in [0.05, 0.1) is 0 Å². The zero-order chi connectivity index (χ0) is 24.0. The third-order valence-electron chi connectivity index (χ3n) is 6.40. The Labute approximate surface area is 202 Å². The van der Waals surface area contributed by atoms with Crippen molar-refractivity contribution in [3.05, 3.63) is 64.4 Å². The summed E-state index contributed by atoms with van der Waals surface area (Å²) >= 11 is 6.21. The minimum Gasteiger partial charge on any atom is -0.483 e. The molecule has 2 atom stereocenters. The average molecular weight is 476 g/mol. The van der Waals surface area contributed by atoms with Crippen LogP contribution in [0.4, 0.5) is 4.39 Å². The van der Waals surface area contributed by atoms with Crippen molar-refractivity contribution >= 4 is 17.5 Å². The zero-order valence-corrected chi connectivity index (χ0v) is 20.8. The molecule has 1 fully saturated rings. The van der Waals surface area contributed by atoms with Crippen molar-refractivity contribution in [2.24, 2.45) is 0 Å². The summed E-state index contributed by atoms with van der Waals surface area (Å²) in [5, 5.41) is 0.663. The predicted octanol–water partition coefficient (Wildman–Crippen LogP) is 4.82. The minimum absolute atomic E-state index is 0.00189. The summed E-state index contributed by atoms with van der Waals surface area (Å²) in [6.07, 6.45) is 0. The number of piperazine rings is 1. The number of halogens is 2. The number of carbonyl (C=O) groups is 1. The van der Waals surface area contributed by atoms with E-state index in [4.69, 9.17) is 16.3 Å². The molecule has 180 valence electrons. The molecule has 0 aliphatic carbocycles. The SMILES string of the molecule is CCN(CC)Cc1cc(Cl)ccc1OCC(=O)N1C[C@@H](C)N(Cc2ccc(F)cc2)C[C@@H]1C. The molecule has 1 aliphatic rings. The van der Waals surface area contributed by atoms with E-state index in [1.165, 1.54) is 12.1 Å². The summed E-state index contributed by atoms with van der Waals surface area (Å²) < 4.78 is 19.2. The van der Waals surface area contributed by atoms with Crippen molar-refractivity contribution in [3.8, 4) is 5.75 Å². The topological polar surface area (TPSA) is 36.0 Å². The van der Waals surface area contributed by atoms with Crippen molar-refractivity contribution in [2.45, 2.75) is 52.9 Å². The van der Waals surface area contributed by atoms with Crippen LogP contribution in [-0.2, 0) is 17.9 Å². The van der Waals surface area contributed by atoms with Gasteiger partial charge in [-0.1, -0.05) is 37.6 Å². The molecule has 7 heteroatoms. The van der Waals surface area contributed by atoms with Crippen LogP contribution in [0.5, 0.6) is 5.75 Å². The van der Waals surface area contributed by atoms with Gasteiger partial charge in [-0.05, 0) is 62.8 Å². The van der Waals surface area contributed by atoms with Gasteiger partial charge in [0.2, 0.25) is 0 Å². The number of amides is 1. The third-order valence-corrected chi connectivity index (χ3v) is 6.63. The number of rotatable bonds is 9.